The van der Waals surface area contributed by atoms with Crippen LogP contribution in [0.1, 0.15) is 15.9 Å². The number of amides is 1. The normalized spacial score (nSPS) is 10.4. The van der Waals surface area contributed by atoms with Crippen LogP contribution in [0.2, 0.25) is 0 Å². The molecule has 6 heteroatoms. The highest BCUT2D eigenvalue weighted by atomic mass is 19.2. The van der Waals surface area contributed by atoms with Crippen LogP contribution in [0.3, 0.4) is 0 Å². The molecule has 3 N–H and O–H groups in total. The van der Waals surface area contributed by atoms with Crippen molar-refractivity contribution in [1.29, 1.82) is 0 Å². The Labute approximate surface area is 113 Å². The van der Waals surface area contributed by atoms with Gasteiger partial charge >= 0.3 is 0 Å². The molecule has 0 atom stereocenters. The number of rotatable bonds is 2. The number of anilines is 2. The minimum atomic E-state index is -1.24. The Morgan fingerprint density at radius 1 is 1.15 bits per heavy atom. The van der Waals surface area contributed by atoms with Gasteiger partial charge < -0.3 is 11.1 Å². The van der Waals surface area contributed by atoms with E-state index in [1.165, 1.54) is 19.1 Å². The summed E-state index contributed by atoms with van der Waals surface area (Å²) in [4.78, 5) is 12.0. The number of hydrogen-bond donors (Lipinski definition) is 2. The topological polar surface area (TPSA) is 55.1 Å². The van der Waals surface area contributed by atoms with E-state index in [0.29, 0.717) is 5.56 Å². The Hall–Kier alpha value is -2.50. The summed E-state index contributed by atoms with van der Waals surface area (Å²) in [6.07, 6.45) is 0. The second-order valence-electron chi connectivity index (χ2n) is 4.24. The fourth-order valence-corrected chi connectivity index (χ4v) is 1.76. The van der Waals surface area contributed by atoms with Crippen molar-refractivity contribution < 1.29 is 18.0 Å². The fraction of sp³-hybridized carbons (Fsp3) is 0.0714. The third kappa shape index (κ3) is 2.59. The molecule has 0 spiro atoms. The average molecular weight is 280 g/mol. The van der Waals surface area contributed by atoms with Gasteiger partial charge in [0.15, 0.2) is 11.6 Å². The number of nitrogen functional groups attached to an aromatic ring is 1. The van der Waals surface area contributed by atoms with Crippen molar-refractivity contribution >= 4 is 17.3 Å². The van der Waals surface area contributed by atoms with Gasteiger partial charge in [0.05, 0.1) is 5.69 Å². The summed E-state index contributed by atoms with van der Waals surface area (Å²) in [6.45, 7) is 1.53. The molecule has 1 amide bonds. The highest BCUT2D eigenvalue weighted by molar-refractivity contribution is 6.06. The minimum Gasteiger partial charge on any atom is -0.397 e. The maximum atomic E-state index is 13.6. The lowest BCUT2D eigenvalue weighted by Gasteiger charge is -2.11. The third-order valence-electron chi connectivity index (χ3n) is 2.80. The first kappa shape index (κ1) is 13.9. The molecule has 0 heterocycles. The highest BCUT2D eigenvalue weighted by Crippen LogP contribution is 2.25. The molecular formula is C14H11F3N2O. The Morgan fingerprint density at radius 2 is 1.85 bits per heavy atom. The number of aryl methyl sites for hydroxylation is 1. The van der Waals surface area contributed by atoms with Crippen molar-refractivity contribution in [3.8, 4) is 0 Å². The molecule has 2 rings (SSSR count). The molecular weight excluding hydrogens is 269 g/mol. The van der Waals surface area contributed by atoms with E-state index in [1.807, 2.05) is 0 Å². The molecule has 0 aliphatic carbocycles. The van der Waals surface area contributed by atoms with Gasteiger partial charge in [-0.15, -0.1) is 0 Å². The zero-order chi connectivity index (χ0) is 14.9. The third-order valence-corrected chi connectivity index (χ3v) is 2.80. The van der Waals surface area contributed by atoms with Gasteiger partial charge in [-0.05, 0) is 42.8 Å². The average Bonchev–Trinajstić information content (AvgIpc) is 2.39. The predicted molar refractivity (Wildman–Crippen MR) is 69.9 cm³/mol. The summed E-state index contributed by atoms with van der Waals surface area (Å²) >= 11 is 0. The molecule has 0 aliphatic rings. The van der Waals surface area contributed by atoms with E-state index in [-0.39, 0.29) is 11.3 Å². The Morgan fingerprint density at radius 3 is 2.50 bits per heavy atom. The summed E-state index contributed by atoms with van der Waals surface area (Å²) in [5.74, 6) is -3.54. The number of halogens is 3. The van der Waals surface area contributed by atoms with Crippen LogP contribution in [0.15, 0.2) is 30.3 Å². The van der Waals surface area contributed by atoms with Gasteiger partial charge in [-0.3, -0.25) is 4.79 Å². The van der Waals surface area contributed by atoms with Crippen LogP contribution < -0.4 is 11.1 Å². The number of carbonyl (C=O) groups excluding carboxylic acids is 1. The standard InChI is InChI=1S/C14H11F3N2O/c1-7-6-8(15)2-3-9(7)14(20)19-13-11(18)5-4-10(16)12(13)17/h2-6H,18H2,1H3,(H,19,20). The number of hydrogen-bond acceptors (Lipinski definition) is 2. The van der Waals surface area contributed by atoms with Gasteiger partial charge in [0, 0.05) is 5.56 Å². The van der Waals surface area contributed by atoms with Crippen molar-refractivity contribution in [1.82, 2.24) is 0 Å². The Balaban J connectivity index is 2.35. The lowest BCUT2D eigenvalue weighted by Crippen LogP contribution is -2.16. The van der Waals surface area contributed by atoms with E-state index >= 15 is 0 Å². The number of benzene rings is 2. The lowest BCUT2D eigenvalue weighted by molar-refractivity contribution is 0.102. The molecule has 0 bridgehead atoms. The molecule has 0 fully saturated rings. The van der Waals surface area contributed by atoms with Gasteiger partial charge in [-0.2, -0.15) is 0 Å². The molecule has 0 aliphatic heterocycles. The zero-order valence-corrected chi connectivity index (χ0v) is 10.5. The van der Waals surface area contributed by atoms with E-state index < -0.39 is 29.0 Å². The Bertz CT molecular complexity index is 686. The first-order chi connectivity index (χ1) is 9.40. The van der Waals surface area contributed by atoms with Gasteiger partial charge in [0.1, 0.15) is 11.5 Å². The molecule has 3 nitrogen and oxygen atoms in total. The Kier molecular flexibility index (Phi) is 3.65. The monoisotopic (exact) mass is 280 g/mol. The fourth-order valence-electron chi connectivity index (χ4n) is 1.76. The quantitative estimate of drug-likeness (QED) is 0.830. The van der Waals surface area contributed by atoms with Crippen LogP contribution in [0.5, 0.6) is 0 Å². The van der Waals surface area contributed by atoms with Crippen LogP contribution in [-0.4, -0.2) is 5.91 Å². The van der Waals surface area contributed by atoms with E-state index in [4.69, 9.17) is 5.73 Å². The number of nitrogens with one attached hydrogen (secondary N) is 1. The van der Waals surface area contributed by atoms with E-state index in [1.54, 1.807) is 0 Å². The summed E-state index contributed by atoms with van der Waals surface area (Å²) < 4.78 is 39.6. The van der Waals surface area contributed by atoms with Gasteiger partial charge in [0.25, 0.3) is 5.91 Å². The molecule has 0 radical (unpaired) electrons. The first-order valence-corrected chi connectivity index (χ1v) is 5.71. The van der Waals surface area contributed by atoms with Crippen LogP contribution in [-0.2, 0) is 0 Å². The molecule has 0 unspecified atom stereocenters. The maximum absolute atomic E-state index is 13.6. The molecule has 0 saturated heterocycles. The first-order valence-electron chi connectivity index (χ1n) is 5.71. The van der Waals surface area contributed by atoms with Crippen molar-refractivity contribution in [2.45, 2.75) is 6.92 Å². The second-order valence-corrected chi connectivity index (χ2v) is 4.24. The molecule has 2 aromatic carbocycles. The smallest absolute Gasteiger partial charge is 0.256 e. The molecule has 0 saturated carbocycles. The lowest BCUT2D eigenvalue weighted by atomic mass is 10.1. The van der Waals surface area contributed by atoms with Crippen LogP contribution in [0.4, 0.5) is 24.5 Å². The van der Waals surface area contributed by atoms with Crippen LogP contribution in [0.25, 0.3) is 0 Å². The van der Waals surface area contributed by atoms with Gasteiger partial charge in [0.2, 0.25) is 0 Å². The van der Waals surface area contributed by atoms with Crippen molar-refractivity contribution in [2.75, 3.05) is 11.1 Å². The number of nitrogens with two attached hydrogens (primary N) is 1. The van der Waals surface area contributed by atoms with E-state index in [9.17, 15) is 18.0 Å². The summed E-state index contributed by atoms with van der Waals surface area (Å²) in [7, 11) is 0. The SMILES string of the molecule is Cc1cc(F)ccc1C(=O)Nc1c(N)ccc(F)c1F. The van der Waals surface area contributed by atoms with E-state index in [2.05, 4.69) is 5.32 Å². The maximum Gasteiger partial charge on any atom is 0.256 e. The van der Waals surface area contributed by atoms with Crippen molar-refractivity contribution in [2.24, 2.45) is 0 Å². The highest BCUT2D eigenvalue weighted by Gasteiger charge is 2.16. The predicted octanol–water partition coefficient (Wildman–Crippen LogP) is 3.25. The largest absolute Gasteiger partial charge is 0.397 e. The summed E-state index contributed by atoms with van der Waals surface area (Å²) in [6, 6.07) is 5.54. The molecule has 0 aromatic heterocycles. The zero-order valence-electron chi connectivity index (χ0n) is 10.5. The summed E-state index contributed by atoms with van der Waals surface area (Å²) in [5, 5.41) is 2.19. The van der Waals surface area contributed by atoms with Gasteiger partial charge in [-0.1, -0.05) is 0 Å². The van der Waals surface area contributed by atoms with Crippen molar-refractivity contribution in [3.63, 3.8) is 0 Å². The minimum absolute atomic E-state index is 0.1000. The van der Waals surface area contributed by atoms with Crippen LogP contribution >= 0.6 is 0 Å². The van der Waals surface area contributed by atoms with E-state index in [0.717, 1.165) is 18.2 Å². The molecule has 2 aromatic rings. The summed E-state index contributed by atoms with van der Waals surface area (Å²) in [5.41, 5.74) is 5.49. The van der Waals surface area contributed by atoms with Crippen LogP contribution in [0, 0.1) is 24.4 Å². The number of carbonyl (C=O) groups is 1. The molecule has 104 valence electrons. The molecule has 20 heavy (non-hydrogen) atoms. The van der Waals surface area contributed by atoms with Crippen molar-refractivity contribution in [3.05, 3.63) is 58.9 Å². The second kappa shape index (κ2) is 5.24. The van der Waals surface area contributed by atoms with Gasteiger partial charge in [-0.25, -0.2) is 13.2 Å².